The number of rotatable bonds is 3. The van der Waals surface area contributed by atoms with E-state index in [9.17, 15) is 9.65 Å². The van der Waals surface area contributed by atoms with Gasteiger partial charge < -0.3 is 4.90 Å². The number of allylic oxidation sites excluding steroid dienone is 1. The summed E-state index contributed by atoms with van der Waals surface area (Å²) in [4.78, 5) is 2.09. The van der Waals surface area contributed by atoms with Gasteiger partial charge in [-0.3, -0.25) is 0 Å². The van der Waals surface area contributed by atoms with Crippen LogP contribution in [0.2, 0.25) is 0 Å². The van der Waals surface area contributed by atoms with E-state index in [1.165, 1.54) is 0 Å². The molecule has 24 heavy (non-hydrogen) atoms. The molecule has 4 heteroatoms. The monoisotopic (exact) mass is 384 g/mol. The number of nitriles is 1. The van der Waals surface area contributed by atoms with Gasteiger partial charge in [0.15, 0.2) is 0 Å². The quantitative estimate of drug-likeness (QED) is 0.511. The molecule has 0 atom stereocenters. The molecule has 2 aromatic carbocycles. The molecule has 1 aliphatic rings. The minimum absolute atomic E-state index is 0.221. The number of nitrogens with zero attached hydrogens (tertiary/aromatic N) is 2. The van der Waals surface area contributed by atoms with Gasteiger partial charge in [0.2, 0.25) is 0 Å². The van der Waals surface area contributed by atoms with Gasteiger partial charge in [0.1, 0.15) is 5.82 Å². The SMILES string of the molecule is Cc1cc(N2CCCC2)c(F)cc1/C=C(/C#N)c1ccc(Br)cc1. The third-order valence-corrected chi connectivity index (χ3v) is 4.89. The molecule has 1 heterocycles. The highest BCUT2D eigenvalue weighted by atomic mass is 79.9. The van der Waals surface area contributed by atoms with E-state index in [-0.39, 0.29) is 5.82 Å². The summed E-state index contributed by atoms with van der Waals surface area (Å²) in [5, 5.41) is 9.47. The van der Waals surface area contributed by atoms with E-state index in [0.717, 1.165) is 47.1 Å². The maximum absolute atomic E-state index is 14.5. The molecule has 1 aliphatic heterocycles. The van der Waals surface area contributed by atoms with Crippen molar-refractivity contribution in [1.82, 2.24) is 0 Å². The number of halogens is 2. The highest BCUT2D eigenvalue weighted by Gasteiger charge is 2.17. The summed E-state index contributed by atoms with van der Waals surface area (Å²) >= 11 is 3.39. The van der Waals surface area contributed by atoms with Crippen LogP contribution in [-0.4, -0.2) is 13.1 Å². The fraction of sp³-hybridized carbons (Fsp3) is 0.250. The van der Waals surface area contributed by atoms with Crippen LogP contribution in [-0.2, 0) is 0 Å². The summed E-state index contributed by atoms with van der Waals surface area (Å²) in [5.41, 5.74) is 3.74. The second kappa shape index (κ2) is 7.19. The predicted molar refractivity (Wildman–Crippen MR) is 100 cm³/mol. The van der Waals surface area contributed by atoms with E-state index in [1.54, 1.807) is 12.1 Å². The Hall–Kier alpha value is -2.12. The molecule has 2 nitrogen and oxygen atoms in total. The molecule has 0 N–H and O–H groups in total. The maximum atomic E-state index is 14.5. The molecule has 0 amide bonds. The highest BCUT2D eigenvalue weighted by molar-refractivity contribution is 9.10. The number of anilines is 1. The zero-order valence-corrected chi connectivity index (χ0v) is 15.1. The first-order valence-electron chi connectivity index (χ1n) is 8.01. The van der Waals surface area contributed by atoms with Crippen molar-refractivity contribution >= 4 is 33.3 Å². The van der Waals surface area contributed by atoms with Gasteiger partial charge in [0, 0.05) is 17.6 Å². The Bertz CT molecular complexity index is 813. The largest absolute Gasteiger partial charge is 0.369 e. The zero-order valence-electron chi connectivity index (χ0n) is 13.5. The number of aryl methyl sites for hydroxylation is 1. The van der Waals surface area contributed by atoms with Crippen LogP contribution in [0.3, 0.4) is 0 Å². The molecular formula is C20H18BrFN2. The lowest BCUT2D eigenvalue weighted by Crippen LogP contribution is -2.19. The molecule has 0 spiro atoms. The van der Waals surface area contributed by atoms with Crippen molar-refractivity contribution in [1.29, 1.82) is 5.26 Å². The maximum Gasteiger partial charge on any atom is 0.147 e. The van der Waals surface area contributed by atoms with E-state index in [0.29, 0.717) is 11.3 Å². The van der Waals surface area contributed by atoms with Gasteiger partial charge in [-0.2, -0.15) is 5.26 Å². The summed E-state index contributed by atoms with van der Waals surface area (Å²) in [6.45, 7) is 3.78. The Labute approximate surface area is 150 Å². The molecule has 0 unspecified atom stereocenters. The Morgan fingerprint density at radius 2 is 1.88 bits per heavy atom. The van der Waals surface area contributed by atoms with Crippen molar-refractivity contribution in [2.75, 3.05) is 18.0 Å². The standard InChI is InChI=1S/C20H18BrFN2/c1-14-10-20(24-8-2-3-9-24)19(22)12-16(14)11-17(13-23)15-4-6-18(21)7-5-15/h4-7,10-12H,2-3,8-9H2,1H3/b17-11-. The summed E-state index contributed by atoms with van der Waals surface area (Å²) in [7, 11) is 0. The minimum Gasteiger partial charge on any atom is -0.369 e. The van der Waals surface area contributed by atoms with Gasteiger partial charge in [-0.15, -0.1) is 0 Å². The van der Waals surface area contributed by atoms with Crippen LogP contribution in [0, 0.1) is 24.1 Å². The summed E-state index contributed by atoms with van der Waals surface area (Å²) in [6, 6.07) is 13.2. The molecule has 0 saturated carbocycles. The lowest BCUT2D eigenvalue weighted by atomic mass is 10.0. The van der Waals surface area contributed by atoms with Crippen molar-refractivity contribution in [2.45, 2.75) is 19.8 Å². The van der Waals surface area contributed by atoms with E-state index in [4.69, 9.17) is 0 Å². The first kappa shape index (κ1) is 16.7. The summed E-state index contributed by atoms with van der Waals surface area (Å²) in [5.74, 6) is -0.221. The predicted octanol–water partition coefficient (Wildman–Crippen LogP) is 5.56. The van der Waals surface area contributed by atoms with Crippen LogP contribution < -0.4 is 4.90 Å². The van der Waals surface area contributed by atoms with E-state index in [2.05, 4.69) is 26.9 Å². The third-order valence-electron chi connectivity index (χ3n) is 4.36. The summed E-state index contributed by atoms with van der Waals surface area (Å²) < 4.78 is 15.5. The van der Waals surface area contributed by atoms with Gasteiger partial charge in [-0.25, -0.2) is 4.39 Å². The molecule has 0 aliphatic carbocycles. The lowest BCUT2D eigenvalue weighted by Gasteiger charge is -2.19. The normalized spacial score (nSPS) is 14.8. The summed E-state index contributed by atoms with van der Waals surface area (Å²) in [6.07, 6.45) is 3.99. The first-order valence-corrected chi connectivity index (χ1v) is 8.80. The minimum atomic E-state index is -0.221. The van der Waals surface area contributed by atoms with Gasteiger partial charge >= 0.3 is 0 Å². The average Bonchev–Trinajstić information content (AvgIpc) is 3.10. The lowest BCUT2D eigenvalue weighted by molar-refractivity contribution is 0.622. The van der Waals surface area contributed by atoms with E-state index >= 15 is 0 Å². The van der Waals surface area contributed by atoms with Gasteiger partial charge in [-0.05, 0) is 66.8 Å². The first-order chi connectivity index (χ1) is 11.6. The second-order valence-electron chi connectivity index (χ2n) is 6.03. The van der Waals surface area contributed by atoms with Crippen molar-refractivity contribution in [2.24, 2.45) is 0 Å². The molecule has 0 radical (unpaired) electrons. The Morgan fingerprint density at radius 3 is 2.50 bits per heavy atom. The zero-order chi connectivity index (χ0) is 17.1. The smallest absolute Gasteiger partial charge is 0.147 e. The number of hydrogen-bond donors (Lipinski definition) is 0. The van der Waals surface area contributed by atoms with Crippen LogP contribution in [0.25, 0.3) is 11.6 Å². The third kappa shape index (κ3) is 3.52. The van der Waals surface area contributed by atoms with Crippen molar-refractivity contribution in [3.63, 3.8) is 0 Å². The van der Waals surface area contributed by atoms with Gasteiger partial charge in [0.05, 0.1) is 17.3 Å². The number of hydrogen-bond acceptors (Lipinski definition) is 2. The molecule has 2 aromatic rings. The molecule has 1 fully saturated rings. The van der Waals surface area contributed by atoms with Crippen molar-refractivity contribution < 1.29 is 4.39 Å². The Morgan fingerprint density at radius 1 is 1.21 bits per heavy atom. The fourth-order valence-electron chi connectivity index (χ4n) is 3.00. The van der Waals surface area contributed by atoms with Crippen LogP contribution in [0.5, 0.6) is 0 Å². The Kier molecular flexibility index (Phi) is 5.01. The molecule has 0 bridgehead atoms. The van der Waals surface area contributed by atoms with Crippen LogP contribution in [0.1, 0.15) is 29.5 Å². The molecule has 3 rings (SSSR count). The number of benzene rings is 2. The second-order valence-corrected chi connectivity index (χ2v) is 6.95. The molecule has 0 aromatic heterocycles. The van der Waals surface area contributed by atoms with E-state index in [1.807, 2.05) is 37.3 Å². The molecular weight excluding hydrogens is 367 g/mol. The van der Waals surface area contributed by atoms with Crippen LogP contribution >= 0.6 is 15.9 Å². The van der Waals surface area contributed by atoms with Crippen LogP contribution in [0.15, 0.2) is 40.9 Å². The van der Waals surface area contributed by atoms with Crippen LogP contribution in [0.4, 0.5) is 10.1 Å². The topological polar surface area (TPSA) is 27.0 Å². The Balaban J connectivity index is 1.97. The molecule has 122 valence electrons. The fourth-order valence-corrected chi connectivity index (χ4v) is 3.27. The highest BCUT2D eigenvalue weighted by Crippen LogP contribution is 2.29. The van der Waals surface area contributed by atoms with Crippen molar-refractivity contribution in [3.05, 3.63) is 63.4 Å². The average molecular weight is 385 g/mol. The van der Waals surface area contributed by atoms with E-state index < -0.39 is 0 Å². The van der Waals surface area contributed by atoms with Gasteiger partial charge in [-0.1, -0.05) is 28.1 Å². The van der Waals surface area contributed by atoms with Crippen molar-refractivity contribution in [3.8, 4) is 6.07 Å². The molecule has 1 saturated heterocycles. The van der Waals surface area contributed by atoms with Gasteiger partial charge in [0.25, 0.3) is 0 Å².